The number of carbonyl (C=O) groups excluding carboxylic acids is 2. The van der Waals surface area contributed by atoms with Gasteiger partial charge in [-0.1, -0.05) is 57.9 Å². The number of nitrogens with one attached hydrogen (secondary N) is 1. The molecule has 1 saturated carbocycles. The maximum atomic E-state index is 13.2. The number of amides is 1. The highest BCUT2D eigenvalue weighted by Gasteiger charge is 2.24. The van der Waals surface area contributed by atoms with Gasteiger partial charge < -0.3 is 19.5 Å². The molecule has 3 aromatic carbocycles. The molecule has 224 valence electrons. The predicted molar refractivity (Wildman–Crippen MR) is 168 cm³/mol. The number of nitrogens with zero attached hydrogens (tertiary/aromatic N) is 1. The number of esters is 1. The van der Waals surface area contributed by atoms with Gasteiger partial charge in [-0.3, -0.25) is 9.78 Å². The summed E-state index contributed by atoms with van der Waals surface area (Å²) in [6.07, 6.45) is 6.94. The van der Waals surface area contributed by atoms with E-state index in [1.54, 1.807) is 12.3 Å². The molecule has 1 aromatic heterocycles. The first-order chi connectivity index (χ1) is 20.7. The normalized spacial score (nSPS) is 14.3. The highest BCUT2D eigenvalue weighted by molar-refractivity contribution is 5.98. The maximum Gasteiger partial charge on any atom is 0.328 e. The van der Waals surface area contributed by atoms with Crippen LogP contribution in [0.15, 0.2) is 79.0 Å². The molecule has 1 fully saturated rings. The molecule has 1 N–H and O–H groups in total. The molecule has 0 radical (unpaired) electrons. The molecule has 7 nitrogen and oxygen atoms in total. The molecule has 7 heteroatoms. The Kier molecular flexibility index (Phi) is 9.29. The van der Waals surface area contributed by atoms with Gasteiger partial charge in [-0.25, -0.2) is 4.79 Å². The molecule has 0 bridgehead atoms. The Labute approximate surface area is 253 Å². The first-order valence-electron chi connectivity index (χ1n) is 15.0. The lowest BCUT2D eigenvalue weighted by molar-refractivity contribution is -0.142. The number of aromatic nitrogens is 1. The third-order valence-electron chi connectivity index (χ3n) is 8.00. The van der Waals surface area contributed by atoms with Crippen LogP contribution in [0.1, 0.15) is 68.1 Å². The summed E-state index contributed by atoms with van der Waals surface area (Å²) in [6, 6.07) is 22.2. The quantitative estimate of drug-likeness (QED) is 0.197. The monoisotopic (exact) mass is 580 g/mol. The zero-order valence-corrected chi connectivity index (χ0v) is 25.4. The molecule has 0 aliphatic heterocycles. The highest BCUT2D eigenvalue weighted by atomic mass is 16.5. The van der Waals surface area contributed by atoms with E-state index < -0.39 is 17.9 Å². The van der Waals surface area contributed by atoms with E-state index in [0.29, 0.717) is 11.7 Å². The Morgan fingerprint density at radius 2 is 1.56 bits per heavy atom. The number of benzene rings is 3. The Bertz CT molecular complexity index is 1550. The van der Waals surface area contributed by atoms with Gasteiger partial charge >= 0.3 is 5.97 Å². The lowest BCUT2D eigenvalue weighted by Crippen LogP contribution is -2.43. The van der Waals surface area contributed by atoms with Gasteiger partial charge in [-0.05, 0) is 89.2 Å². The molecule has 4 aromatic rings. The first-order valence-corrected chi connectivity index (χ1v) is 15.0. The van der Waals surface area contributed by atoms with Crippen LogP contribution in [0.3, 0.4) is 0 Å². The smallest absolute Gasteiger partial charge is 0.328 e. The van der Waals surface area contributed by atoms with E-state index in [1.165, 1.54) is 38.4 Å². The van der Waals surface area contributed by atoms with E-state index in [2.05, 4.69) is 43.2 Å². The third kappa shape index (κ3) is 7.92. The summed E-state index contributed by atoms with van der Waals surface area (Å²) in [7, 11) is 1.31. The fourth-order valence-electron chi connectivity index (χ4n) is 5.38. The fourth-order valence-corrected chi connectivity index (χ4v) is 5.38. The minimum Gasteiger partial charge on any atom is -0.493 e. The van der Waals surface area contributed by atoms with Crippen molar-refractivity contribution >= 4 is 22.6 Å². The lowest BCUT2D eigenvalue weighted by Gasteiger charge is -2.19. The second kappa shape index (κ2) is 13.3. The van der Waals surface area contributed by atoms with Crippen molar-refractivity contribution < 1.29 is 23.8 Å². The molecule has 1 atom stereocenters. The third-order valence-corrected chi connectivity index (χ3v) is 8.00. The standard InChI is InChI=1S/C36H40N2O5/c1-36(2,3)28-12-17-30(18-13-28)43-31-16-11-26-22-37-32(21-27(26)20-31)34(39)38-33(35(40)41-4)19-24-9-14-29(15-10-24)42-23-25-7-5-6-8-25/h9-18,20-22,25,33H,5-8,19,23H2,1-4H3,(H,38,39)/t33-/m0/s1. The number of fused-ring (bicyclic) bond motifs is 1. The van der Waals surface area contributed by atoms with E-state index in [-0.39, 0.29) is 17.5 Å². The number of hydrogen-bond acceptors (Lipinski definition) is 6. The number of rotatable bonds is 10. The molecule has 1 aliphatic rings. The van der Waals surface area contributed by atoms with E-state index in [1.807, 2.05) is 54.6 Å². The van der Waals surface area contributed by atoms with Crippen LogP contribution in [0, 0.1) is 5.92 Å². The number of hydrogen-bond donors (Lipinski definition) is 1. The summed E-state index contributed by atoms with van der Waals surface area (Å²) >= 11 is 0. The maximum absolute atomic E-state index is 13.2. The summed E-state index contributed by atoms with van der Waals surface area (Å²) in [5.41, 5.74) is 2.37. The van der Waals surface area contributed by atoms with Gasteiger partial charge in [0.1, 0.15) is 29.0 Å². The van der Waals surface area contributed by atoms with Crippen LogP contribution in [0.4, 0.5) is 0 Å². The Morgan fingerprint density at radius 1 is 0.884 bits per heavy atom. The topological polar surface area (TPSA) is 86.8 Å². The number of ether oxygens (including phenoxy) is 3. The predicted octanol–water partition coefficient (Wildman–Crippen LogP) is 7.41. The summed E-state index contributed by atoms with van der Waals surface area (Å²) in [4.78, 5) is 30.2. The van der Waals surface area contributed by atoms with Gasteiger partial charge in [0.2, 0.25) is 0 Å². The summed E-state index contributed by atoms with van der Waals surface area (Å²) in [5.74, 6) is 1.83. The molecule has 43 heavy (non-hydrogen) atoms. The van der Waals surface area contributed by atoms with Crippen LogP contribution >= 0.6 is 0 Å². The van der Waals surface area contributed by atoms with Crippen molar-refractivity contribution in [1.82, 2.24) is 10.3 Å². The SMILES string of the molecule is COC(=O)[C@H](Cc1ccc(OCC2CCCC2)cc1)NC(=O)c1cc2cc(Oc3ccc(C(C)(C)C)cc3)ccc2cn1. The minimum atomic E-state index is -0.869. The molecule has 0 spiro atoms. The van der Waals surface area contributed by atoms with Gasteiger partial charge in [-0.2, -0.15) is 0 Å². The van der Waals surface area contributed by atoms with Crippen molar-refractivity contribution in [3.63, 3.8) is 0 Å². The Hall–Kier alpha value is -4.39. The zero-order valence-electron chi connectivity index (χ0n) is 25.4. The van der Waals surface area contributed by atoms with Gasteiger partial charge in [-0.15, -0.1) is 0 Å². The van der Waals surface area contributed by atoms with Crippen LogP contribution in [0.5, 0.6) is 17.2 Å². The van der Waals surface area contributed by atoms with Crippen molar-refractivity contribution in [3.8, 4) is 17.2 Å². The van der Waals surface area contributed by atoms with Gasteiger partial charge in [0.15, 0.2) is 0 Å². The zero-order chi connectivity index (χ0) is 30.4. The minimum absolute atomic E-state index is 0.0616. The highest BCUT2D eigenvalue weighted by Crippen LogP contribution is 2.29. The molecule has 0 unspecified atom stereocenters. The molecule has 1 aliphatic carbocycles. The fraction of sp³-hybridized carbons (Fsp3) is 0.361. The van der Waals surface area contributed by atoms with Crippen molar-refractivity contribution in [3.05, 3.63) is 95.8 Å². The Morgan fingerprint density at radius 3 is 2.23 bits per heavy atom. The molecule has 5 rings (SSSR count). The van der Waals surface area contributed by atoms with E-state index >= 15 is 0 Å². The second-order valence-corrected chi connectivity index (χ2v) is 12.3. The van der Waals surface area contributed by atoms with Gasteiger partial charge in [0.05, 0.1) is 13.7 Å². The van der Waals surface area contributed by atoms with Gasteiger partial charge in [0, 0.05) is 18.0 Å². The summed E-state index contributed by atoms with van der Waals surface area (Å²) in [5, 5.41) is 4.47. The molecule has 0 saturated heterocycles. The van der Waals surface area contributed by atoms with Crippen LogP contribution in [0.25, 0.3) is 10.8 Å². The number of methoxy groups -OCH3 is 1. The molecular formula is C36H40N2O5. The average Bonchev–Trinajstić information content (AvgIpc) is 3.53. The van der Waals surface area contributed by atoms with Gasteiger partial charge in [0.25, 0.3) is 5.91 Å². The number of pyridine rings is 1. The van der Waals surface area contributed by atoms with E-state index in [0.717, 1.165) is 34.4 Å². The van der Waals surface area contributed by atoms with Crippen molar-refractivity contribution in [2.45, 2.75) is 64.3 Å². The average molecular weight is 581 g/mol. The van der Waals surface area contributed by atoms with Crippen LogP contribution in [-0.2, 0) is 21.4 Å². The van der Waals surface area contributed by atoms with Crippen LogP contribution < -0.4 is 14.8 Å². The molecular weight excluding hydrogens is 540 g/mol. The first kappa shape index (κ1) is 30.1. The molecule has 1 amide bonds. The van der Waals surface area contributed by atoms with Crippen molar-refractivity contribution in [2.24, 2.45) is 5.92 Å². The lowest BCUT2D eigenvalue weighted by atomic mass is 9.87. The van der Waals surface area contributed by atoms with Crippen LogP contribution in [0.2, 0.25) is 0 Å². The second-order valence-electron chi connectivity index (χ2n) is 12.3. The Balaban J connectivity index is 1.24. The van der Waals surface area contributed by atoms with Crippen molar-refractivity contribution in [1.29, 1.82) is 0 Å². The van der Waals surface area contributed by atoms with E-state index in [9.17, 15) is 9.59 Å². The van der Waals surface area contributed by atoms with Crippen LogP contribution in [-0.4, -0.2) is 36.6 Å². The molecule has 1 heterocycles. The summed E-state index contributed by atoms with van der Waals surface area (Å²) in [6.45, 7) is 7.25. The largest absolute Gasteiger partial charge is 0.493 e. The van der Waals surface area contributed by atoms with E-state index in [4.69, 9.17) is 14.2 Å². The van der Waals surface area contributed by atoms with Crippen molar-refractivity contribution in [2.75, 3.05) is 13.7 Å². The summed E-state index contributed by atoms with van der Waals surface area (Å²) < 4.78 is 17.0. The number of carbonyl (C=O) groups is 2.